The highest BCUT2D eigenvalue weighted by Crippen LogP contribution is 2.42. The first kappa shape index (κ1) is 14.4. The van der Waals surface area contributed by atoms with Crippen LogP contribution < -0.4 is 5.32 Å². The van der Waals surface area contributed by atoms with Gasteiger partial charge in [-0.2, -0.15) is 0 Å². The van der Waals surface area contributed by atoms with Gasteiger partial charge in [-0.3, -0.25) is 9.59 Å². The Morgan fingerprint density at radius 1 is 1.05 bits per heavy atom. The van der Waals surface area contributed by atoms with E-state index in [0.29, 0.717) is 0 Å². The molecule has 0 spiro atoms. The molecule has 2 aliphatic rings. The van der Waals surface area contributed by atoms with Crippen molar-refractivity contribution >= 4 is 11.9 Å². The summed E-state index contributed by atoms with van der Waals surface area (Å²) in [6, 6.07) is 0. The lowest BCUT2D eigenvalue weighted by Gasteiger charge is -2.35. The van der Waals surface area contributed by atoms with Crippen LogP contribution in [0.2, 0.25) is 0 Å². The summed E-state index contributed by atoms with van der Waals surface area (Å²) in [6.45, 7) is 2.07. The maximum Gasteiger partial charge on any atom is 0.305 e. The summed E-state index contributed by atoms with van der Waals surface area (Å²) >= 11 is 0. The minimum absolute atomic E-state index is 0.0680. The van der Waals surface area contributed by atoms with E-state index in [9.17, 15) is 9.59 Å². The van der Waals surface area contributed by atoms with Gasteiger partial charge in [-0.25, -0.2) is 0 Å². The molecule has 0 unspecified atom stereocenters. The molecular weight excluding hydrogens is 242 g/mol. The van der Waals surface area contributed by atoms with Crippen molar-refractivity contribution in [3.8, 4) is 0 Å². The van der Waals surface area contributed by atoms with E-state index >= 15 is 0 Å². The Morgan fingerprint density at radius 2 is 1.58 bits per heavy atom. The zero-order valence-corrected chi connectivity index (χ0v) is 11.8. The Hall–Kier alpha value is -1.06. The third-order valence-corrected chi connectivity index (χ3v) is 5.15. The standard InChI is InChI=1S/C15H25NO3/c1-2-14(7-3-4-8-14)13(19)16-15(11-12(17)18)9-5-6-10-15/h2-11H2,1H3,(H,16,19)(H,17,18). The number of carbonyl (C=O) groups excluding carboxylic acids is 1. The Labute approximate surface area is 115 Å². The highest BCUT2D eigenvalue weighted by atomic mass is 16.4. The monoisotopic (exact) mass is 267 g/mol. The van der Waals surface area contributed by atoms with Crippen LogP contribution in [0.3, 0.4) is 0 Å². The van der Waals surface area contributed by atoms with Gasteiger partial charge in [0, 0.05) is 5.41 Å². The first-order valence-corrected chi connectivity index (χ1v) is 7.56. The number of hydrogen-bond donors (Lipinski definition) is 2. The van der Waals surface area contributed by atoms with Crippen molar-refractivity contribution < 1.29 is 14.7 Å². The maximum atomic E-state index is 12.6. The second-order valence-electron chi connectivity index (χ2n) is 6.35. The van der Waals surface area contributed by atoms with Crippen molar-refractivity contribution in [3.63, 3.8) is 0 Å². The fraction of sp³-hybridized carbons (Fsp3) is 0.867. The number of rotatable bonds is 5. The SMILES string of the molecule is CCC1(C(=O)NC2(CC(=O)O)CCCC2)CCCC1. The number of nitrogens with one attached hydrogen (secondary N) is 1. The molecule has 4 nitrogen and oxygen atoms in total. The molecule has 1 amide bonds. The van der Waals surface area contributed by atoms with Gasteiger partial charge in [0.05, 0.1) is 12.0 Å². The maximum absolute atomic E-state index is 12.6. The molecule has 2 fully saturated rings. The summed E-state index contributed by atoms with van der Waals surface area (Å²) < 4.78 is 0. The van der Waals surface area contributed by atoms with Crippen LogP contribution in [-0.2, 0) is 9.59 Å². The molecular formula is C15H25NO3. The van der Waals surface area contributed by atoms with Crippen LogP contribution in [0, 0.1) is 5.41 Å². The minimum Gasteiger partial charge on any atom is -0.481 e. The molecule has 0 radical (unpaired) electrons. The van der Waals surface area contributed by atoms with Crippen LogP contribution in [0.1, 0.15) is 71.1 Å². The zero-order chi connectivity index (χ0) is 13.9. The second-order valence-corrected chi connectivity index (χ2v) is 6.35. The number of aliphatic carboxylic acids is 1. The lowest BCUT2D eigenvalue weighted by molar-refractivity contribution is -0.140. The molecule has 2 aliphatic carbocycles. The summed E-state index contributed by atoms with van der Waals surface area (Å²) in [5.74, 6) is -0.699. The molecule has 2 rings (SSSR count). The van der Waals surface area contributed by atoms with E-state index in [1.807, 2.05) is 0 Å². The molecule has 0 saturated heterocycles. The zero-order valence-electron chi connectivity index (χ0n) is 11.8. The van der Waals surface area contributed by atoms with Crippen molar-refractivity contribution in [1.82, 2.24) is 5.32 Å². The summed E-state index contributed by atoms with van der Waals surface area (Å²) in [7, 11) is 0. The molecule has 0 heterocycles. The van der Waals surface area contributed by atoms with Gasteiger partial charge in [-0.1, -0.05) is 32.6 Å². The Bertz CT molecular complexity index is 352. The van der Waals surface area contributed by atoms with Gasteiger partial charge in [-0.15, -0.1) is 0 Å². The van der Waals surface area contributed by atoms with Crippen LogP contribution in [0.5, 0.6) is 0 Å². The lowest BCUT2D eigenvalue weighted by atomic mass is 9.80. The molecule has 0 aliphatic heterocycles. The smallest absolute Gasteiger partial charge is 0.305 e. The summed E-state index contributed by atoms with van der Waals surface area (Å²) in [5, 5.41) is 12.2. The van der Waals surface area contributed by atoms with E-state index in [4.69, 9.17) is 5.11 Å². The molecule has 0 aromatic heterocycles. The molecule has 0 atom stereocenters. The van der Waals surface area contributed by atoms with Crippen molar-refractivity contribution in [3.05, 3.63) is 0 Å². The van der Waals surface area contributed by atoms with Crippen molar-refractivity contribution in [2.45, 2.75) is 76.7 Å². The van der Waals surface area contributed by atoms with Gasteiger partial charge in [0.25, 0.3) is 0 Å². The van der Waals surface area contributed by atoms with Crippen molar-refractivity contribution in [2.24, 2.45) is 5.41 Å². The lowest BCUT2D eigenvalue weighted by Crippen LogP contribution is -2.52. The van der Waals surface area contributed by atoms with E-state index in [1.165, 1.54) is 0 Å². The summed E-state index contributed by atoms with van der Waals surface area (Å²) in [5.41, 5.74) is -0.707. The highest BCUT2D eigenvalue weighted by Gasteiger charge is 2.44. The molecule has 0 aromatic carbocycles. The number of carbonyl (C=O) groups is 2. The first-order chi connectivity index (χ1) is 9.02. The largest absolute Gasteiger partial charge is 0.481 e. The highest BCUT2D eigenvalue weighted by molar-refractivity contribution is 5.84. The molecule has 108 valence electrons. The third-order valence-electron chi connectivity index (χ3n) is 5.15. The van der Waals surface area contributed by atoms with Crippen molar-refractivity contribution in [1.29, 1.82) is 0 Å². The quantitative estimate of drug-likeness (QED) is 0.805. The fourth-order valence-electron chi connectivity index (χ4n) is 3.85. The minimum atomic E-state index is -0.806. The predicted octanol–water partition coefficient (Wildman–Crippen LogP) is 2.86. The van der Waals surface area contributed by atoms with Gasteiger partial charge in [0.1, 0.15) is 0 Å². The van der Waals surface area contributed by atoms with E-state index < -0.39 is 11.5 Å². The second kappa shape index (κ2) is 5.51. The number of carboxylic acids is 1. The Balaban J connectivity index is 2.08. The topological polar surface area (TPSA) is 66.4 Å². The van der Waals surface area contributed by atoms with Crippen LogP contribution in [0.4, 0.5) is 0 Å². The van der Waals surface area contributed by atoms with Gasteiger partial charge in [0.2, 0.25) is 5.91 Å². The number of amides is 1. The van der Waals surface area contributed by atoms with Crippen LogP contribution in [-0.4, -0.2) is 22.5 Å². The Morgan fingerprint density at radius 3 is 2.05 bits per heavy atom. The normalized spacial score (nSPS) is 24.3. The molecule has 2 N–H and O–H groups in total. The molecule has 4 heteroatoms. The molecule has 2 saturated carbocycles. The summed E-state index contributed by atoms with van der Waals surface area (Å²) in [4.78, 5) is 23.7. The summed E-state index contributed by atoms with van der Waals surface area (Å²) in [6.07, 6.45) is 8.74. The first-order valence-electron chi connectivity index (χ1n) is 7.56. The van der Waals surface area contributed by atoms with Crippen LogP contribution in [0.15, 0.2) is 0 Å². The van der Waals surface area contributed by atoms with E-state index in [0.717, 1.165) is 57.8 Å². The molecule has 0 aromatic rings. The Kier molecular flexibility index (Phi) is 4.16. The van der Waals surface area contributed by atoms with Crippen LogP contribution in [0.25, 0.3) is 0 Å². The molecule has 0 bridgehead atoms. The number of carboxylic acid groups (broad SMARTS) is 1. The van der Waals surface area contributed by atoms with Gasteiger partial charge in [0.15, 0.2) is 0 Å². The predicted molar refractivity (Wildman–Crippen MR) is 72.8 cm³/mol. The van der Waals surface area contributed by atoms with Gasteiger partial charge in [-0.05, 0) is 32.1 Å². The van der Waals surface area contributed by atoms with E-state index in [-0.39, 0.29) is 17.7 Å². The average molecular weight is 267 g/mol. The van der Waals surface area contributed by atoms with E-state index in [2.05, 4.69) is 12.2 Å². The van der Waals surface area contributed by atoms with Crippen molar-refractivity contribution in [2.75, 3.05) is 0 Å². The van der Waals surface area contributed by atoms with E-state index in [1.54, 1.807) is 0 Å². The third kappa shape index (κ3) is 2.93. The van der Waals surface area contributed by atoms with Gasteiger partial charge < -0.3 is 10.4 Å². The van der Waals surface area contributed by atoms with Gasteiger partial charge >= 0.3 is 5.97 Å². The average Bonchev–Trinajstić information content (AvgIpc) is 2.98. The number of hydrogen-bond acceptors (Lipinski definition) is 2. The fourth-order valence-corrected chi connectivity index (χ4v) is 3.85. The molecule has 19 heavy (non-hydrogen) atoms. The van der Waals surface area contributed by atoms with Crippen LogP contribution >= 0.6 is 0 Å².